The predicted molar refractivity (Wildman–Crippen MR) is 105 cm³/mol. The number of nitrogens with one attached hydrogen (secondary N) is 1. The van der Waals surface area contributed by atoms with Crippen LogP contribution < -0.4 is 15.8 Å². The molecule has 0 aliphatic rings. The average molecular weight is 379 g/mol. The summed E-state index contributed by atoms with van der Waals surface area (Å²) in [7, 11) is 0. The van der Waals surface area contributed by atoms with E-state index in [-0.39, 0.29) is 30.9 Å². The third-order valence-corrected chi connectivity index (χ3v) is 3.81. The molecule has 0 spiro atoms. The number of amides is 1. The summed E-state index contributed by atoms with van der Waals surface area (Å²) in [5, 5.41) is 13.0. The number of nitrogens with two attached hydrogens (primary N) is 1. The van der Waals surface area contributed by atoms with Crippen LogP contribution in [0.1, 0.15) is 37.0 Å². The van der Waals surface area contributed by atoms with Gasteiger partial charge in [-0.3, -0.25) is 4.79 Å². The molecule has 0 bridgehead atoms. The molecule has 26 heavy (non-hydrogen) atoms. The summed E-state index contributed by atoms with van der Waals surface area (Å²) < 4.78 is 5.76. The molecule has 2 unspecified atom stereocenters. The van der Waals surface area contributed by atoms with Crippen molar-refractivity contribution < 1.29 is 14.6 Å². The molecule has 2 aromatic rings. The van der Waals surface area contributed by atoms with Crippen molar-refractivity contribution in [3.8, 4) is 5.75 Å². The molecular weight excluding hydrogens is 352 g/mol. The zero-order chi connectivity index (χ0) is 18.1. The Morgan fingerprint density at radius 1 is 1.19 bits per heavy atom. The van der Waals surface area contributed by atoms with Crippen molar-refractivity contribution in [2.45, 2.75) is 38.5 Å². The SMILES string of the molecule is CC(N)CCC(=O)NCC(O)c1cccc(OCc2ccccc2)c1.Cl. The summed E-state index contributed by atoms with van der Waals surface area (Å²) in [6.45, 7) is 2.50. The Balaban J connectivity index is 0.00000338. The molecule has 0 saturated carbocycles. The van der Waals surface area contributed by atoms with Gasteiger partial charge >= 0.3 is 0 Å². The van der Waals surface area contributed by atoms with E-state index in [9.17, 15) is 9.90 Å². The van der Waals surface area contributed by atoms with Crippen molar-refractivity contribution in [1.29, 1.82) is 0 Å². The van der Waals surface area contributed by atoms with E-state index in [2.05, 4.69) is 5.32 Å². The van der Waals surface area contributed by atoms with Crippen molar-refractivity contribution in [2.75, 3.05) is 6.54 Å². The summed E-state index contributed by atoms with van der Waals surface area (Å²) in [6, 6.07) is 17.2. The van der Waals surface area contributed by atoms with E-state index in [0.717, 1.165) is 5.56 Å². The monoisotopic (exact) mass is 378 g/mol. The molecule has 0 radical (unpaired) electrons. The van der Waals surface area contributed by atoms with Gasteiger partial charge in [0.25, 0.3) is 0 Å². The van der Waals surface area contributed by atoms with Gasteiger partial charge in [-0.05, 0) is 36.6 Å². The molecule has 0 aromatic heterocycles. The lowest BCUT2D eigenvalue weighted by atomic mass is 10.1. The van der Waals surface area contributed by atoms with Gasteiger partial charge < -0.3 is 20.9 Å². The third kappa shape index (κ3) is 7.87. The fourth-order valence-electron chi connectivity index (χ4n) is 2.33. The molecule has 0 saturated heterocycles. The number of aliphatic hydroxyl groups is 1. The van der Waals surface area contributed by atoms with Gasteiger partial charge in [0.15, 0.2) is 0 Å². The number of hydrogen-bond acceptors (Lipinski definition) is 4. The standard InChI is InChI=1S/C20H26N2O3.ClH/c1-15(21)10-11-20(24)22-13-19(23)17-8-5-9-18(12-17)25-14-16-6-3-2-4-7-16;/h2-9,12,15,19,23H,10-11,13-14,21H2,1H3,(H,22,24);1H. The van der Waals surface area contributed by atoms with Crippen LogP contribution >= 0.6 is 12.4 Å². The number of carbonyl (C=O) groups is 1. The highest BCUT2D eigenvalue weighted by molar-refractivity contribution is 5.85. The lowest BCUT2D eigenvalue weighted by Crippen LogP contribution is -2.29. The van der Waals surface area contributed by atoms with E-state index in [1.165, 1.54) is 0 Å². The summed E-state index contributed by atoms with van der Waals surface area (Å²) in [5.41, 5.74) is 7.42. The van der Waals surface area contributed by atoms with Crippen molar-refractivity contribution in [2.24, 2.45) is 5.73 Å². The minimum absolute atomic E-state index is 0. The van der Waals surface area contributed by atoms with Gasteiger partial charge in [-0.15, -0.1) is 12.4 Å². The van der Waals surface area contributed by atoms with Gasteiger partial charge in [-0.2, -0.15) is 0 Å². The van der Waals surface area contributed by atoms with Gasteiger partial charge in [-0.25, -0.2) is 0 Å². The van der Waals surface area contributed by atoms with Crippen LogP contribution in [0, 0.1) is 0 Å². The second kappa shape index (κ2) is 11.5. The Kier molecular flexibility index (Phi) is 9.73. The maximum absolute atomic E-state index is 11.7. The molecule has 1 amide bonds. The minimum atomic E-state index is -0.778. The average Bonchev–Trinajstić information content (AvgIpc) is 2.63. The maximum atomic E-state index is 11.7. The van der Waals surface area contributed by atoms with Gasteiger partial charge in [0.1, 0.15) is 12.4 Å². The Morgan fingerprint density at radius 3 is 2.62 bits per heavy atom. The summed E-state index contributed by atoms with van der Waals surface area (Å²) in [5.74, 6) is 0.580. The largest absolute Gasteiger partial charge is 0.489 e. The normalized spacial score (nSPS) is 12.6. The molecule has 0 fully saturated rings. The van der Waals surface area contributed by atoms with Crippen LogP contribution in [-0.2, 0) is 11.4 Å². The van der Waals surface area contributed by atoms with E-state index in [1.54, 1.807) is 6.07 Å². The molecular formula is C20H27ClN2O3. The van der Waals surface area contributed by atoms with Crippen LogP contribution in [0.15, 0.2) is 54.6 Å². The first kappa shape index (κ1) is 22.0. The number of benzene rings is 2. The lowest BCUT2D eigenvalue weighted by Gasteiger charge is -2.14. The molecule has 5 nitrogen and oxygen atoms in total. The topological polar surface area (TPSA) is 84.6 Å². The number of carbonyl (C=O) groups excluding carboxylic acids is 1. The van der Waals surface area contributed by atoms with E-state index >= 15 is 0 Å². The Hall–Kier alpha value is -2.08. The molecule has 2 atom stereocenters. The molecule has 2 rings (SSSR count). The van der Waals surface area contributed by atoms with Crippen LogP contribution in [0.25, 0.3) is 0 Å². The zero-order valence-electron chi connectivity index (χ0n) is 14.9. The number of ether oxygens (including phenoxy) is 1. The highest BCUT2D eigenvalue weighted by atomic mass is 35.5. The Labute approximate surface area is 161 Å². The third-order valence-electron chi connectivity index (χ3n) is 3.81. The van der Waals surface area contributed by atoms with E-state index in [4.69, 9.17) is 10.5 Å². The first-order valence-corrected chi connectivity index (χ1v) is 8.51. The van der Waals surface area contributed by atoms with Crippen LogP contribution in [0.2, 0.25) is 0 Å². The number of hydrogen-bond donors (Lipinski definition) is 3. The summed E-state index contributed by atoms with van der Waals surface area (Å²) >= 11 is 0. The molecule has 0 aliphatic heterocycles. The van der Waals surface area contributed by atoms with E-state index in [0.29, 0.717) is 30.8 Å². The minimum Gasteiger partial charge on any atom is -0.489 e. The number of rotatable bonds is 9. The van der Waals surface area contributed by atoms with Gasteiger partial charge in [0.2, 0.25) is 5.91 Å². The zero-order valence-corrected chi connectivity index (χ0v) is 15.7. The van der Waals surface area contributed by atoms with Crippen LogP contribution in [0.3, 0.4) is 0 Å². The molecule has 6 heteroatoms. The fourth-order valence-corrected chi connectivity index (χ4v) is 2.33. The highest BCUT2D eigenvalue weighted by Gasteiger charge is 2.11. The first-order chi connectivity index (χ1) is 12.0. The van der Waals surface area contributed by atoms with Crippen LogP contribution in [0.4, 0.5) is 0 Å². The molecule has 2 aromatic carbocycles. The second-order valence-corrected chi connectivity index (χ2v) is 6.18. The van der Waals surface area contributed by atoms with Crippen molar-refractivity contribution in [3.63, 3.8) is 0 Å². The number of halogens is 1. The van der Waals surface area contributed by atoms with Crippen LogP contribution in [0.5, 0.6) is 5.75 Å². The van der Waals surface area contributed by atoms with Gasteiger partial charge in [0, 0.05) is 19.0 Å². The van der Waals surface area contributed by atoms with Crippen molar-refractivity contribution in [3.05, 3.63) is 65.7 Å². The number of aliphatic hydroxyl groups excluding tert-OH is 1. The second-order valence-electron chi connectivity index (χ2n) is 6.18. The van der Waals surface area contributed by atoms with E-state index < -0.39 is 6.10 Å². The molecule has 4 N–H and O–H groups in total. The van der Waals surface area contributed by atoms with Gasteiger partial charge in [0.05, 0.1) is 6.10 Å². The molecule has 142 valence electrons. The maximum Gasteiger partial charge on any atom is 0.220 e. The summed E-state index contributed by atoms with van der Waals surface area (Å²) in [4.78, 5) is 11.7. The van der Waals surface area contributed by atoms with Crippen LogP contribution in [-0.4, -0.2) is 23.6 Å². The lowest BCUT2D eigenvalue weighted by molar-refractivity contribution is -0.121. The highest BCUT2D eigenvalue weighted by Crippen LogP contribution is 2.20. The Bertz CT molecular complexity index is 665. The summed E-state index contributed by atoms with van der Waals surface area (Å²) in [6.07, 6.45) is 0.217. The molecule has 0 heterocycles. The predicted octanol–water partition coefficient (Wildman–Crippen LogP) is 2.96. The van der Waals surface area contributed by atoms with Gasteiger partial charge in [-0.1, -0.05) is 42.5 Å². The van der Waals surface area contributed by atoms with Crippen molar-refractivity contribution >= 4 is 18.3 Å². The van der Waals surface area contributed by atoms with Crippen molar-refractivity contribution in [1.82, 2.24) is 5.32 Å². The first-order valence-electron chi connectivity index (χ1n) is 8.51. The molecule has 0 aliphatic carbocycles. The quantitative estimate of drug-likeness (QED) is 0.626. The Morgan fingerprint density at radius 2 is 1.92 bits per heavy atom. The fraction of sp³-hybridized carbons (Fsp3) is 0.350. The smallest absolute Gasteiger partial charge is 0.220 e. The van der Waals surface area contributed by atoms with E-state index in [1.807, 2.05) is 55.5 Å².